The molecule has 33 heavy (non-hydrogen) atoms. The number of benzene rings is 3. The SMILES string of the molecule is COc1ccc2c(c1)c(C(=O)C(=O)Nc1c(F)cccc1F)c(C)n2Cc1ccc(Cl)cc1. The molecule has 8 heteroatoms. The first kappa shape index (κ1) is 22.5. The maximum absolute atomic E-state index is 14.0. The van der Waals surface area contributed by atoms with Crippen molar-refractivity contribution < 1.29 is 23.1 Å². The predicted molar refractivity (Wildman–Crippen MR) is 123 cm³/mol. The van der Waals surface area contributed by atoms with Crippen LogP contribution >= 0.6 is 11.6 Å². The second-order valence-electron chi connectivity index (χ2n) is 7.44. The zero-order chi connectivity index (χ0) is 23.7. The Kier molecular flexibility index (Phi) is 6.16. The van der Waals surface area contributed by atoms with Gasteiger partial charge < -0.3 is 14.6 Å². The van der Waals surface area contributed by atoms with Crippen molar-refractivity contribution in [3.8, 4) is 5.75 Å². The summed E-state index contributed by atoms with van der Waals surface area (Å²) in [5.74, 6) is -3.50. The maximum atomic E-state index is 14.0. The summed E-state index contributed by atoms with van der Waals surface area (Å²) in [7, 11) is 1.49. The number of hydrogen-bond acceptors (Lipinski definition) is 3. The molecule has 4 rings (SSSR count). The highest BCUT2D eigenvalue weighted by Gasteiger charge is 2.27. The topological polar surface area (TPSA) is 60.3 Å². The summed E-state index contributed by atoms with van der Waals surface area (Å²) in [6, 6.07) is 15.6. The van der Waals surface area contributed by atoms with Gasteiger partial charge in [-0.25, -0.2) is 8.78 Å². The zero-order valence-electron chi connectivity index (χ0n) is 17.8. The van der Waals surface area contributed by atoms with E-state index in [0.29, 0.717) is 33.9 Å². The first-order chi connectivity index (χ1) is 15.8. The summed E-state index contributed by atoms with van der Waals surface area (Å²) < 4.78 is 35.2. The van der Waals surface area contributed by atoms with Crippen molar-refractivity contribution in [2.24, 2.45) is 0 Å². The summed E-state index contributed by atoms with van der Waals surface area (Å²) in [5, 5.41) is 3.17. The van der Waals surface area contributed by atoms with Crippen LogP contribution in [0.4, 0.5) is 14.5 Å². The molecule has 1 amide bonds. The fraction of sp³-hybridized carbons (Fsp3) is 0.120. The van der Waals surface area contributed by atoms with Gasteiger partial charge in [0.1, 0.15) is 23.1 Å². The Labute approximate surface area is 193 Å². The number of carbonyl (C=O) groups excluding carboxylic acids is 2. The number of nitrogens with zero attached hydrogens (tertiary/aromatic N) is 1. The molecule has 4 aromatic rings. The zero-order valence-corrected chi connectivity index (χ0v) is 18.5. The van der Waals surface area contributed by atoms with Gasteiger partial charge in [0.25, 0.3) is 11.7 Å². The number of nitrogens with one attached hydrogen (secondary N) is 1. The minimum absolute atomic E-state index is 0.132. The van der Waals surface area contributed by atoms with Gasteiger partial charge in [0, 0.05) is 28.2 Å². The molecule has 5 nitrogen and oxygen atoms in total. The molecular formula is C25H19ClF2N2O3. The smallest absolute Gasteiger partial charge is 0.297 e. The second kappa shape index (κ2) is 9.03. The highest BCUT2D eigenvalue weighted by Crippen LogP contribution is 2.31. The summed E-state index contributed by atoms with van der Waals surface area (Å²) in [5.41, 5.74) is 1.63. The van der Waals surface area contributed by atoms with Gasteiger partial charge in [0.2, 0.25) is 0 Å². The first-order valence-electron chi connectivity index (χ1n) is 10.0. The lowest BCUT2D eigenvalue weighted by molar-refractivity contribution is -0.112. The number of aromatic nitrogens is 1. The second-order valence-corrected chi connectivity index (χ2v) is 7.87. The largest absolute Gasteiger partial charge is 0.497 e. The Bertz CT molecular complexity index is 1360. The van der Waals surface area contributed by atoms with Gasteiger partial charge in [-0.15, -0.1) is 0 Å². The van der Waals surface area contributed by atoms with Crippen molar-refractivity contribution in [1.82, 2.24) is 4.57 Å². The minimum Gasteiger partial charge on any atom is -0.497 e. The van der Waals surface area contributed by atoms with E-state index in [2.05, 4.69) is 5.32 Å². The Morgan fingerprint density at radius 2 is 1.70 bits per heavy atom. The third-order valence-electron chi connectivity index (χ3n) is 5.42. The van der Waals surface area contributed by atoms with E-state index >= 15 is 0 Å². The number of halogens is 3. The summed E-state index contributed by atoms with van der Waals surface area (Å²) in [6.07, 6.45) is 0. The van der Waals surface area contributed by atoms with Crippen LogP contribution in [0.15, 0.2) is 60.7 Å². The number of para-hydroxylation sites is 1. The van der Waals surface area contributed by atoms with Crippen LogP contribution < -0.4 is 10.1 Å². The summed E-state index contributed by atoms with van der Waals surface area (Å²) >= 11 is 5.98. The van der Waals surface area contributed by atoms with Crippen LogP contribution in [0.2, 0.25) is 5.02 Å². The van der Waals surface area contributed by atoms with Crippen molar-refractivity contribution in [3.63, 3.8) is 0 Å². The standard InChI is InChI=1S/C25H19ClF2N2O3/c1-14-22(24(31)25(32)29-23-19(27)4-3-5-20(23)28)18-12-17(33-2)10-11-21(18)30(14)13-15-6-8-16(26)9-7-15/h3-12H,13H2,1-2H3,(H,29,32). The lowest BCUT2D eigenvalue weighted by Gasteiger charge is -2.10. The average molecular weight is 469 g/mol. The Balaban J connectivity index is 1.78. The number of ketones is 1. The molecule has 1 aromatic heterocycles. The summed E-state index contributed by atoms with van der Waals surface area (Å²) in [4.78, 5) is 25.9. The average Bonchev–Trinajstić information content (AvgIpc) is 3.07. The number of methoxy groups -OCH3 is 1. The van der Waals surface area contributed by atoms with Gasteiger partial charge in [-0.2, -0.15) is 0 Å². The molecule has 3 aromatic carbocycles. The molecule has 0 atom stereocenters. The Morgan fingerprint density at radius 1 is 1.03 bits per heavy atom. The molecule has 0 aliphatic heterocycles. The molecular weight excluding hydrogens is 450 g/mol. The molecule has 1 N–H and O–H groups in total. The van der Waals surface area contributed by atoms with Crippen LogP contribution in [0.5, 0.6) is 5.75 Å². The van der Waals surface area contributed by atoms with Crippen molar-refractivity contribution >= 4 is 39.9 Å². The van der Waals surface area contributed by atoms with Gasteiger partial charge in [-0.05, 0) is 55.0 Å². The van der Waals surface area contributed by atoms with E-state index in [0.717, 1.165) is 17.7 Å². The molecule has 1 heterocycles. The van der Waals surface area contributed by atoms with Crippen molar-refractivity contribution in [1.29, 1.82) is 0 Å². The van der Waals surface area contributed by atoms with Gasteiger partial charge in [0.05, 0.1) is 12.7 Å². The lowest BCUT2D eigenvalue weighted by Crippen LogP contribution is -2.24. The van der Waals surface area contributed by atoms with E-state index in [1.165, 1.54) is 13.2 Å². The Hall–Kier alpha value is -3.71. The third kappa shape index (κ3) is 4.32. The van der Waals surface area contributed by atoms with E-state index in [1.807, 2.05) is 16.7 Å². The lowest BCUT2D eigenvalue weighted by atomic mass is 10.1. The van der Waals surface area contributed by atoms with Crippen molar-refractivity contribution in [2.45, 2.75) is 13.5 Å². The van der Waals surface area contributed by atoms with Crippen LogP contribution in [0.25, 0.3) is 10.9 Å². The molecule has 0 fully saturated rings. The number of anilines is 1. The highest BCUT2D eigenvalue weighted by atomic mass is 35.5. The van der Waals surface area contributed by atoms with E-state index in [1.54, 1.807) is 37.3 Å². The molecule has 0 radical (unpaired) electrons. The number of rotatable bonds is 6. The molecule has 0 aliphatic carbocycles. The van der Waals surface area contributed by atoms with Gasteiger partial charge >= 0.3 is 0 Å². The normalized spacial score (nSPS) is 10.9. The molecule has 0 saturated heterocycles. The third-order valence-corrected chi connectivity index (χ3v) is 5.67. The van der Waals surface area contributed by atoms with Gasteiger partial charge in [0.15, 0.2) is 0 Å². The van der Waals surface area contributed by atoms with Crippen LogP contribution in [-0.4, -0.2) is 23.4 Å². The molecule has 0 aliphatic rings. The predicted octanol–water partition coefficient (Wildman–Crippen LogP) is 5.76. The number of carbonyl (C=O) groups is 2. The van der Waals surface area contributed by atoms with Crippen molar-refractivity contribution in [3.05, 3.63) is 94.1 Å². The summed E-state index contributed by atoms with van der Waals surface area (Å²) in [6.45, 7) is 2.13. The molecule has 0 unspecified atom stereocenters. The first-order valence-corrected chi connectivity index (χ1v) is 10.4. The molecule has 168 valence electrons. The van der Waals surface area contributed by atoms with Gasteiger partial charge in [-0.3, -0.25) is 9.59 Å². The number of hydrogen-bond donors (Lipinski definition) is 1. The molecule has 0 spiro atoms. The molecule has 0 saturated carbocycles. The Morgan fingerprint density at radius 3 is 2.33 bits per heavy atom. The van der Waals surface area contributed by atoms with Crippen LogP contribution in [-0.2, 0) is 11.3 Å². The number of ether oxygens (including phenoxy) is 1. The van der Waals surface area contributed by atoms with Crippen LogP contribution in [0.1, 0.15) is 21.6 Å². The maximum Gasteiger partial charge on any atom is 0.297 e. The van der Waals surface area contributed by atoms with E-state index in [4.69, 9.17) is 16.3 Å². The fourth-order valence-corrected chi connectivity index (χ4v) is 3.88. The van der Waals surface area contributed by atoms with Crippen LogP contribution in [0, 0.1) is 18.6 Å². The number of Topliss-reactive ketones (excluding diaryl/α,β-unsaturated/α-hetero) is 1. The van der Waals surface area contributed by atoms with E-state index in [9.17, 15) is 18.4 Å². The van der Waals surface area contributed by atoms with E-state index in [-0.39, 0.29) is 5.56 Å². The quantitative estimate of drug-likeness (QED) is 0.289. The molecule has 0 bridgehead atoms. The monoisotopic (exact) mass is 468 g/mol. The van der Waals surface area contributed by atoms with E-state index < -0.39 is 29.0 Å². The number of amides is 1. The van der Waals surface area contributed by atoms with Gasteiger partial charge in [-0.1, -0.05) is 29.8 Å². The van der Waals surface area contributed by atoms with Crippen molar-refractivity contribution in [2.75, 3.05) is 12.4 Å². The highest BCUT2D eigenvalue weighted by molar-refractivity contribution is 6.48. The fourth-order valence-electron chi connectivity index (χ4n) is 3.75. The minimum atomic E-state index is -1.14. The number of fused-ring (bicyclic) bond motifs is 1. The van der Waals surface area contributed by atoms with Crippen LogP contribution in [0.3, 0.4) is 0 Å².